The molecule has 3 aromatic rings. The summed E-state index contributed by atoms with van der Waals surface area (Å²) in [7, 11) is 2.94. The molecule has 3 aromatic carbocycles. The van der Waals surface area contributed by atoms with Crippen molar-refractivity contribution in [3.63, 3.8) is 0 Å². The van der Waals surface area contributed by atoms with Crippen molar-refractivity contribution in [3.8, 4) is 11.5 Å². The number of nitrogens with zero attached hydrogens (tertiary/aromatic N) is 1. The molecule has 0 fully saturated rings. The normalized spacial score (nSPS) is 12.1. The number of hydrogen-bond acceptors (Lipinski definition) is 6. The predicted molar refractivity (Wildman–Crippen MR) is 138 cm³/mol. The smallest absolute Gasteiger partial charge is 0.337 e. The lowest BCUT2D eigenvalue weighted by Crippen LogP contribution is -2.25. The Kier molecular flexibility index (Phi) is 7.65. The molecule has 0 aliphatic carbocycles. The van der Waals surface area contributed by atoms with Crippen LogP contribution in [0.5, 0.6) is 11.5 Å². The van der Waals surface area contributed by atoms with Gasteiger partial charge in [-0.05, 0) is 53.9 Å². The molecule has 0 aromatic heterocycles. The fourth-order valence-corrected chi connectivity index (χ4v) is 4.21. The van der Waals surface area contributed by atoms with Gasteiger partial charge in [-0.15, -0.1) is 0 Å². The van der Waals surface area contributed by atoms with Crippen LogP contribution in [0.25, 0.3) is 0 Å². The minimum Gasteiger partial charge on any atom is -0.495 e. The first-order valence-corrected chi connectivity index (χ1v) is 11.6. The van der Waals surface area contributed by atoms with Crippen LogP contribution in [0.1, 0.15) is 27.9 Å². The number of thiocarbonyl (C=S) groups is 1. The van der Waals surface area contributed by atoms with E-state index in [9.17, 15) is 4.79 Å². The summed E-state index contributed by atoms with van der Waals surface area (Å²) < 4.78 is 16.2. The lowest BCUT2D eigenvalue weighted by atomic mass is 10.1. The second-order valence-corrected chi connectivity index (χ2v) is 8.50. The zero-order valence-corrected chi connectivity index (χ0v) is 20.2. The van der Waals surface area contributed by atoms with Crippen molar-refractivity contribution in [3.05, 3.63) is 83.4 Å². The molecule has 0 saturated carbocycles. The van der Waals surface area contributed by atoms with Crippen LogP contribution in [-0.4, -0.2) is 38.3 Å². The average Bonchev–Trinajstić information content (AvgIpc) is 3.28. The molecule has 176 valence electrons. The molecule has 0 unspecified atom stereocenters. The van der Waals surface area contributed by atoms with E-state index in [1.165, 1.54) is 18.4 Å². The van der Waals surface area contributed by atoms with Crippen LogP contribution in [0, 0.1) is 0 Å². The third-order valence-electron chi connectivity index (χ3n) is 5.79. The highest BCUT2D eigenvalue weighted by Gasteiger charge is 2.20. The molecule has 0 atom stereocenters. The van der Waals surface area contributed by atoms with Crippen molar-refractivity contribution in [2.45, 2.75) is 19.4 Å². The van der Waals surface area contributed by atoms with Crippen molar-refractivity contribution in [2.24, 2.45) is 0 Å². The van der Waals surface area contributed by atoms with E-state index in [4.69, 9.17) is 26.4 Å². The zero-order chi connectivity index (χ0) is 23.9. The molecular weight excluding hydrogens is 448 g/mol. The minimum atomic E-state index is -0.405. The molecule has 34 heavy (non-hydrogen) atoms. The van der Waals surface area contributed by atoms with Gasteiger partial charge in [-0.3, -0.25) is 0 Å². The van der Waals surface area contributed by atoms with Gasteiger partial charge in [0.05, 0.1) is 30.5 Å². The van der Waals surface area contributed by atoms with E-state index < -0.39 is 5.97 Å². The number of hydrogen-bond donors (Lipinski definition) is 1. The van der Waals surface area contributed by atoms with Crippen LogP contribution < -0.4 is 19.7 Å². The first-order chi connectivity index (χ1) is 16.6. The summed E-state index contributed by atoms with van der Waals surface area (Å²) in [5.41, 5.74) is 4.75. The maximum atomic E-state index is 11.9. The van der Waals surface area contributed by atoms with Crippen LogP contribution in [-0.2, 0) is 17.8 Å². The number of carbonyl (C=O) groups excluding carboxylic acids is 1. The fourth-order valence-electron chi connectivity index (χ4n) is 4.01. The second-order valence-electron chi connectivity index (χ2n) is 8.01. The van der Waals surface area contributed by atoms with Gasteiger partial charge in [0.15, 0.2) is 0 Å². The maximum absolute atomic E-state index is 11.9. The van der Waals surface area contributed by atoms with Crippen LogP contribution in [0.15, 0.2) is 66.7 Å². The SMILES string of the molecule is COC(=O)c1ccc(OC)c(NC(=S)CCN2CCc3cc(OCc4ccccc4)ccc32)c1. The molecule has 6 nitrogen and oxygen atoms in total. The molecular formula is C27H28N2O4S. The molecule has 4 rings (SSSR count). The summed E-state index contributed by atoms with van der Waals surface area (Å²) in [5, 5.41) is 3.22. The monoisotopic (exact) mass is 476 g/mol. The molecule has 1 N–H and O–H groups in total. The summed E-state index contributed by atoms with van der Waals surface area (Å²) in [6.45, 7) is 2.30. The Labute approximate surface area is 205 Å². The quantitative estimate of drug-likeness (QED) is 0.334. The highest BCUT2D eigenvalue weighted by atomic mass is 32.1. The molecule has 0 bridgehead atoms. The third kappa shape index (κ3) is 5.66. The summed E-state index contributed by atoms with van der Waals surface area (Å²) in [4.78, 5) is 14.9. The molecule has 1 heterocycles. The van der Waals surface area contributed by atoms with Crippen molar-refractivity contribution in [2.75, 3.05) is 37.5 Å². The van der Waals surface area contributed by atoms with Gasteiger partial charge in [-0.1, -0.05) is 42.5 Å². The topological polar surface area (TPSA) is 60.0 Å². The van der Waals surface area contributed by atoms with Crippen molar-refractivity contribution in [1.82, 2.24) is 0 Å². The minimum absolute atomic E-state index is 0.405. The van der Waals surface area contributed by atoms with E-state index >= 15 is 0 Å². The number of carbonyl (C=O) groups is 1. The van der Waals surface area contributed by atoms with E-state index in [0.29, 0.717) is 35.0 Å². The summed E-state index contributed by atoms with van der Waals surface area (Å²) in [6, 6.07) is 21.5. The average molecular weight is 477 g/mol. The Morgan fingerprint density at radius 3 is 2.65 bits per heavy atom. The van der Waals surface area contributed by atoms with Gasteiger partial charge in [0, 0.05) is 25.2 Å². The number of anilines is 2. The van der Waals surface area contributed by atoms with Gasteiger partial charge in [-0.2, -0.15) is 0 Å². The summed E-state index contributed by atoms with van der Waals surface area (Å²) in [5.74, 6) is 1.10. The highest BCUT2D eigenvalue weighted by molar-refractivity contribution is 7.80. The Balaban J connectivity index is 1.34. The third-order valence-corrected chi connectivity index (χ3v) is 6.10. The van der Waals surface area contributed by atoms with Gasteiger partial charge >= 0.3 is 5.97 Å². The first kappa shape index (κ1) is 23.6. The van der Waals surface area contributed by atoms with E-state index in [2.05, 4.69) is 34.5 Å². The summed E-state index contributed by atoms with van der Waals surface area (Å²) in [6.07, 6.45) is 1.65. The maximum Gasteiger partial charge on any atom is 0.337 e. The molecule has 7 heteroatoms. The van der Waals surface area contributed by atoms with Gasteiger partial charge in [0.1, 0.15) is 18.1 Å². The Morgan fingerprint density at radius 2 is 1.88 bits per heavy atom. The molecule has 0 amide bonds. The van der Waals surface area contributed by atoms with Crippen LogP contribution in [0.3, 0.4) is 0 Å². The van der Waals surface area contributed by atoms with Crippen molar-refractivity contribution in [1.29, 1.82) is 0 Å². The number of ether oxygens (including phenoxy) is 3. The predicted octanol–water partition coefficient (Wildman–Crippen LogP) is 5.25. The van der Waals surface area contributed by atoms with Gasteiger partial charge in [-0.25, -0.2) is 4.79 Å². The number of fused-ring (bicyclic) bond motifs is 1. The van der Waals surface area contributed by atoms with Gasteiger partial charge in [0.2, 0.25) is 0 Å². The number of rotatable bonds is 9. The van der Waals surface area contributed by atoms with Crippen molar-refractivity contribution < 1.29 is 19.0 Å². The Bertz CT molecular complexity index is 1170. The van der Waals surface area contributed by atoms with E-state index in [1.807, 2.05) is 24.3 Å². The van der Waals surface area contributed by atoms with Crippen molar-refractivity contribution >= 4 is 34.6 Å². The Hall–Kier alpha value is -3.58. The molecule has 1 aliphatic rings. The molecule has 0 radical (unpaired) electrons. The van der Waals surface area contributed by atoms with Crippen LogP contribution in [0.4, 0.5) is 11.4 Å². The molecule has 0 spiro atoms. The van der Waals surface area contributed by atoms with Crippen LogP contribution in [0.2, 0.25) is 0 Å². The molecule has 0 saturated heterocycles. The number of nitrogens with one attached hydrogen (secondary N) is 1. The number of benzene rings is 3. The highest BCUT2D eigenvalue weighted by Crippen LogP contribution is 2.32. The molecule has 1 aliphatic heterocycles. The van der Waals surface area contributed by atoms with E-state index in [1.54, 1.807) is 25.3 Å². The number of methoxy groups -OCH3 is 2. The number of esters is 1. The first-order valence-electron chi connectivity index (χ1n) is 11.2. The Morgan fingerprint density at radius 1 is 1.06 bits per heavy atom. The lowest BCUT2D eigenvalue weighted by molar-refractivity contribution is 0.0600. The fraction of sp³-hybridized carbons (Fsp3) is 0.259. The zero-order valence-electron chi connectivity index (χ0n) is 19.4. The van der Waals surface area contributed by atoms with E-state index in [0.717, 1.165) is 30.8 Å². The standard InChI is InChI=1S/C27H28N2O4S/c1-31-25-11-8-21(27(30)32-2)17-23(25)28-26(34)13-15-29-14-12-20-16-22(9-10-24(20)29)33-18-19-6-4-3-5-7-19/h3-11,16-17H,12-15,18H2,1-2H3,(H,28,34). The second kappa shape index (κ2) is 11.0. The van der Waals surface area contributed by atoms with Crippen LogP contribution >= 0.6 is 12.2 Å². The van der Waals surface area contributed by atoms with Gasteiger partial charge in [0.25, 0.3) is 0 Å². The lowest BCUT2D eigenvalue weighted by Gasteiger charge is -2.20. The largest absolute Gasteiger partial charge is 0.495 e. The van der Waals surface area contributed by atoms with Gasteiger partial charge < -0.3 is 24.4 Å². The summed E-state index contributed by atoms with van der Waals surface area (Å²) >= 11 is 5.59. The van der Waals surface area contributed by atoms with E-state index in [-0.39, 0.29) is 0 Å².